The largest absolute Gasteiger partial charge is 0.481 e. The molecular weight excluding hydrogens is 216 g/mol. The highest BCUT2D eigenvalue weighted by molar-refractivity contribution is 6.32. The van der Waals surface area contributed by atoms with Crippen molar-refractivity contribution in [2.45, 2.75) is 13.3 Å². The Hall–Kier alpha value is -1.55. The number of hydrogen-bond acceptors (Lipinski definition) is 2. The van der Waals surface area contributed by atoms with E-state index in [2.05, 4.69) is 4.98 Å². The van der Waals surface area contributed by atoms with Gasteiger partial charge in [0.2, 0.25) is 0 Å². The molecule has 0 aliphatic rings. The molecule has 0 aliphatic carbocycles. The summed E-state index contributed by atoms with van der Waals surface area (Å²) in [6, 6.07) is 3.76. The van der Waals surface area contributed by atoms with E-state index in [-0.39, 0.29) is 6.42 Å². The number of imidazole rings is 1. The third-order valence-electron chi connectivity index (χ3n) is 2.14. The minimum Gasteiger partial charge on any atom is -0.481 e. The molecule has 0 saturated carbocycles. The van der Waals surface area contributed by atoms with Gasteiger partial charge in [-0.25, -0.2) is 4.98 Å². The van der Waals surface area contributed by atoms with Crippen LogP contribution in [0.25, 0.3) is 5.52 Å². The molecule has 0 spiro atoms. The molecular formula is C10H9ClN2O2. The van der Waals surface area contributed by atoms with Crippen LogP contribution in [-0.4, -0.2) is 20.5 Å². The van der Waals surface area contributed by atoms with Gasteiger partial charge in [0.25, 0.3) is 0 Å². The number of carbonyl (C=O) groups is 1. The molecule has 78 valence electrons. The molecule has 0 saturated heterocycles. The summed E-state index contributed by atoms with van der Waals surface area (Å²) in [5.41, 5.74) is 1.80. The number of halogens is 1. The first-order valence-corrected chi connectivity index (χ1v) is 4.80. The standard InChI is InChI=1S/C10H9ClN2O2/c1-6-2-3-13-7(4-6)10(11)12-8(13)5-9(14)15/h2-4H,5H2,1H3,(H,14,15). The summed E-state index contributed by atoms with van der Waals surface area (Å²) in [5, 5.41) is 9.04. The van der Waals surface area contributed by atoms with Crippen LogP contribution in [-0.2, 0) is 11.2 Å². The maximum absolute atomic E-state index is 10.6. The highest BCUT2D eigenvalue weighted by Gasteiger charge is 2.11. The van der Waals surface area contributed by atoms with Crippen molar-refractivity contribution in [2.24, 2.45) is 0 Å². The van der Waals surface area contributed by atoms with Crippen molar-refractivity contribution >= 4 is 23.1 Å². The van der Waals surface area contributed by atoms with Gasteiger partial charge < -0.3 is 9.51 Å². The average molecular weight is 225 g/mol. The summed E-state index contributed by atoms with van der Waals surface area (Å²) < 4.78 is 1.70. The number of fused-ring (bicyclic) bond motifs is 1. The normalized spacial score (nSPS) is 10.8. The van der Waals surface area contributed by atoms with Gasteiger partial charge in [0.15, 0.2) is 5.15 Å². The summed E-state index contributed by atoms with van der Waals surface area (Å²) in [6.07, 6.45) is 1.65. The Kier molecular flexibility index (Phi) is 2.36. The van der Waals surface area contributed by atoms with Gasteiger partial charge in [-0.2, -0.15) is 0 Å². The number of aryl methyl sites for hydroxylation is 1. The van der Waals surface area contributed by atoms with Crippen LogP contribution in [0.3, 0.4) is 0 Å². The third-order valence-corrected chi connectivity index (χ3v) is 2.41. The summed E-state index contributed by atoms with van der Waals surface area (Å²) in [5.74, 6) is -0.471. The van der Waals surface area contributed by atoms with E-state index in [4.69, 9.17) is 16.7 Å². The van der Waals surface area contributed by atoms with Gasteiger partial charge in [-0.15, -0.1) is 0 Å². The van der Waals surface area contributed by atoms with E-state index in [1.54, 1.807) is 10.6 Å². The zero-order valence-electron chi connectivity index (χ0n) is 8.07. The molecule has 0 bridgehead atoms. The molecule has 2 rings (SSSR count). The number of carboxylic acid groups (broad SMARTS) is 1. The Labute approximate surface area is 91.1 Å². The molecule has 2 aromatic heterocycles. The second-order valence-corrected chi connectivity index (χ2v) is 3.71. The van der Waals surface area contributed by atoms with Crippen molar-refractivity contribution in [2.75, 3.05) is 0 Å². The molecule has 0 amide bonds. The van der Waals surface area contributed by atoms with Gasteiger partial charge >= 0.3 is 5.97 Å². The van der Waals surface area contributed by atoms with Gasteiger partial charge in [-0.3, -0.25) is 4.79 Å². The van der Waals surface area contributed by atoms with Crippen LogP contribution in [0, 0.1) is 6.92 Å². The van der Waals surface area contributed by atoms with Crippen LogP contribution in [0.15, 0.2) is 18.3 Å². The highest BCUT2D eigenvalue weighted by Crippen LogP contribution is 2.19. The van der Waals surface area contributed by atoms with Gasteiger partial charge in [0.1, 0.15) is 12.2 Å². The predicted octanol–water partition coefficient (Wildman–Crippen LogP) is 1.92. The highest BCUT2D eigenvalue weighted by atomic mass is 35.5. The fraction of sp³-hybridized carbons (Fsp3) is 0.200. The number of rotatable bonds is 2. The number of hydrogen-bond donors (Lipinski definition) is 1. The topological polar surface area (TPSA) is 54.6 Å². The lowest BCUT2D eigenvalue weighted by molar-refractivity contribution is -0.136. The minimum atomic E-state index is -0.917. The Bertz CT molecular complexity index is 533. The second kappa shape index (κ2) is 3.55. The van der Waals surface area contributed by atoms with Crippen LogP contribution in [0.5, 0.6) is 0 Å². The number of aromatic nitrogens is 2. The SMILES string of the molecule is Cc1ccn2c(CC(=O)O)nc(Cl)c2c1. The molecule has 2 heterocycles. The van der Waals surface area contributed by atoms with E-state index < -0.39 is 5.97 Å². The fourth-order valence-corrected chi connectivity index (χ4v) is 1.72. The maximum Gasteiger partial charge on any atom is 0.311 e. The molecule has 5 heteroatoms. The Balaban J connectivity index is 2.62. The minimum absolute atomic E-state index is 0.128. The Morgan fingerprint density at radius 3 is 3.07 bits per heavy atom. The smallest absolute Gasteiger partial charge is 0.311 e. The van der Waals surface area contributed by atoms with Crippen molar-refractivity contribution in [3.63, 3.8) is 0 Å². The van der Waals surface area contributed by atoms with Crippen LogP contribution >= 0.6 is 11.6 Å². The average Bonchev–Trinajstić information content (AvgIpc) is 2.42. The third kappa shape index (κ3) is 1.80. The number of aliphatic carboxylic acids is 1. The fourth-order valence-electron chi connectivity index (χ4n) is 1.47. The van der Waals surface area contributed by atoms with Crippen LogP contribution in [0.1, 0.15) is 11.4 Å². The summed E-state index contributed by atoms with van der Waals surface area (Å²) in [7, 11) is 0. The van der Waals surface area contributed by atoms with E-state index in [0.29, 0.717) is 11.0 Å². The molecule has 0 fully saturated rings. The lowest BCUT2D eigenvalue weighted by Gasteiger charge is -1.98. The van der Waals surface area contributed by atoms with E-state index in [9.17, 15) is 4.79 Å². The summed E-state index contributed by atoms with van der Waals surface area (Å²) in [6.45, 7) is 1.94. The molecule has 0 atom stereocenters. The van der Waals surface area contributed by atoms with E-state index in [1.165, 1.54) is 0 Å². The van der Waals surface area contributed by atoms with E-state index >= 15 is 0 Å². The zero-order chi connectivity index (χ0) is 11.0. The van der Waals surface area contributed by atoms with Gasteiger partial charge in [0.05, 0.1) is 5.52 Å². The quantitative estimate of drug-likeness (QED) is 0.848. The second-order valence-electron chi connectivity index (χ2n) is 3.35. The first kappa shape index (κ1) is 9.98. The van der Waals surface area contributed by atoms with Crippen molar-refractivity contribution < 1.29 is 9.90 Å². The maximum atomic E-state index is 10.6. The van der Waals surface area contributed by atoms with Crippen molar-refractivity contribution in [1.82, 2.24) is 9.38 Å². The molecule has 4 nitrogen and oxygen atoms in total. The number of pyridine rings is 1. The predicted molar refractivity (Wildman–Crippen MR) is 56.3 cm³/mol. The van der Waals surface area contributed by atoms with Crippen molar-refractivity contribution in [1.29, 1.82) is 0 Å². The van der Waals surface area contributed by atoms with E-state index in [0.717, 1.165) is 11.1 Å². The molecule has 15 heavy (non-hydrogen) atoms. The van der Waals surface area contributed by atoms with Gasteiger partial charge in [-0.05, 0) is 24.6 Å². The molecule has 0 aromatic carbocycles. The van der Waals surface area contributed by atoms with E-state index in [1.807, 2.05) is 19.1 Å². The molecule has 1 N–H and O–H groups in total. The summed E-state index contributed by atoms with van der Waals surface area (Å²) in [4.78, 5) is 14.6. The summed E-state index contributed by atoms with van der Waals surface area (Å²) >= 11 is 5.91. The monoisotopic (exact) mass is 224 g/mol. The van der Waals surface area contributed by atoms with Crippen molar-refractivity contribution in [3.8, 4) is 0 Å². The Morgan fingerprint density at radius 2 is 2.40 bits per heavy atom. The van der Waals surface area contributed by atoms with Crippen LogP contribution in [0.2, 0.25) is 5.15 Å². The first-order valence-electron chi connectivity index (χ1n) is 4.43. The molecule has 0 aliphatic heterocycles. The number of nitrogens with zero attached hydrogens (tertiary/aromatic N) is 2. The first-order chi connectivity index (χ1) is 7.08. The van der Waals surface area contributed by atoms with Gasteiger partial charge in [0, 0.05) is 6.20 Å². The molecule has 0 unspecified atom stereocenters. The molecule has 2 aromatic rings. The zero-order valence-corrected chi connectivity index (χ0v) is 8.82. The van der Waals surface area contributed by atoms with Crippen LogP contribution < -0.4 is 0 Å². The van der Waals surface area contributed by atoms with Crippen molar-refractivity contribution in [3.05, 3.63) is 34.9 Å². The van der Waals surface area contributed by atoms with Crippen LogP contribution in [0.4, 0.5) is 0 Å². The lowest BCUT2D eigenvalue weighted by Crippen LogP contribution is -2.04. The molecule has 0 radical (unpaired) electrons. The lowest BCUT2D eigenvalue weighted by atomic mass is 10.3. The number of carboxylic acids is 1. The van der Waals surface area contributed by atoms with Gasteiger partial charge in [-0.1, -0.05) is 11.6 Å². The Morgan fingerprint density at radius 1 is 1.67 bits per heavy atom.